The number of Topliss-reactive ketones (excluding diaryl/α,β-unsaturated/α-hetero) is 2. The normalized spacial score (nSPS) is 22.8. The van der Waals surface area contributed by atoms with Crippen LogP contribution in [0, 0.1) is 18.3 Å². The molecule has 1 atom stereocenters. The highest BCUT2D eigenvalue weighted by Crippen LogP contribution is 2.38. The van der Waals surface area contributed by atoms with E-state index in [4.69, 9.17) is 0 Å². The molecule has 1 unspecified atom stereocenters. The molecule has 2 nitrogen and oxygen atoms in total. The lowest BCUT2D eigenvalue weighted by molar-refractivity contribution is -0.126. The highest BCUT2D eigenvalue weighted by atomic mass is 16.2. The molecule has 0 bridgehead atoms. The third-order valence-corrected chi connectivity index (χ3v) is 3.69. The Morgan fingerprint density at radius 3 is 2.29 bits per heavy atom. The minimum Gasteiger partial charge on any atom is -0.298 e. The molecule has 1 fully saturated rings. The molecule has 0 N–H and O–H groups in total. The predicted octanol–water partition coefficient (Wildman–Crippen LogP) is 3.18. The Bertz CT molecular complexity index is 454. The Kier molecular flexibility index (Phi) is 2.90. The van der Waals surface area contributed by atoms with E-state index in [0.29, 0.717) is 12.0 Å². The summed E-state index contributed by atoms with van der Waals surface area (Å²) < 4.78 is 0. The second-order valence-electron chi connectivity index (χ2n) is 5.57. The van der Waals surface area contributed by atoms with Crippen LogP contribution in [-0.2, 0) is 4.79 Å². The van der Waals surface area contributed by atoms with Crippen molar-refractivity contribution in [2.45, 2.75) is 33.6 Å². The Morgan fingerprint density at radius 1 is 1.24 bits per heavy atom. The molecular formula is C15H18O2. The van der Waals surface area contributed by atoms with Gasteiger partial charge in [0, 0.05) is 11.0 Å². The van der Waals surface area contributed by atoms with Crippen molar-refractivity contribution < 1.29 is 9.59 Å². The van der Waals surface area contributed by atoms with Crippen LogP contribution in [0.5, 0.6) is 0 Å². The molecule has 1 saturated carbocycles. The van der Waals surface area contributed by atoms with Gasteiger partial charge in [-0.15, -0.1) is 0 Å². The Hall–Kier alpha value is -1.44. The molecule has 1 aromatic carbocycles. The minimum absolute atomic E-state index is 0.0134. The molecule has 0 radical (unpaired) electrons. The van der Waals surface area contributed by atoms with Crippen LogP contribution in [-0.4, -0.2) is 11.6 Å². The second-order valence-corrected chi connectivity index (χ2v) is 5.57. The summed E-state index contributed by atoms with van der Waals surface area (Å²) in [5.41, 5.74) is 1.46. The number of ketones is 2. The van der Waals surface area contributed by atoms with Crippen LogP contribution in [0.3, 0.4) is 0 Å². The van der Waals surface area contributed by atoms with Crippen molar-refractivity contribution in [3.05, 3.63) is 35.4 Å². The predicted molar refractivity (Wildman–Crippen MR) is 67.0 cm³/mol. The van der Waals surface area contributed by atoms with E-state index in [-0.39, 0.29) is 17.0 Å². The first-order chi connectivity index (χ1) is 7.92. The number of hydrogen-bond donors (Lipinski definition) is 0. The number of hydrogen-bond acceptors (Lipinski definition) is 2. The molecule has 2 heteroatoms. The van der Waals surface area contributed by atoms with Gasteiger partial charge in [0.15, 0.2) is 5.78 Å². The lowest BCUT2D eigenvalue weighted by atomic mass is 9.86. The fraction of sp³-hybridized carbons (Fsp3) is 0.467. The summed E-state index contributed by atoms with van der Waals surface area (Å²) >= 11 is 0. The molecule has 0 saturated heterocycles. The van der Waals surface area contributed by atoms with Crippen LogP contribution in [0.2, 0.25) is 0 Å². The maximum absolute atomic E-state index is 12.2. The zero-order chi connectivity index (χ0) is 12.6. The summed E-state index contributed by atoms with van der Waals surface area (Å²) in [5.74, 6) is -0.337. The Morgan fingerprint density at radius 2 is 1.82 bits per heavy atom. The third-order valence-electron chi connectivity index (χ3n) is 3.69. The first-order valence-electron chi connectivity index (χ1n) is 6.07. The molecule has 2 rings (SSSR count). The van der Waals surface area contributed by atoms with Crippen LogP contribution in [0.1, 0.15) is 42.6 Å². The van der Waals surface area contributed by atoms with E-state index in [9.17, 15) is 9.59 Å². The Labute approximate surface area is 102 Å². The third kappa shape index (κ3) is 2.17. The number of benzene rings is 1. The van der Waals surface area contributed by atoms with E-state index in [2.05, 4.69) is 0 Å². The van der Waals surface area contributed by atoms with Gasteiger partial charge >= 0.3 is 0 Å². The van der Waals surface area contributed by atoms with Crippen molar-refractivity contribution in [3.63, 3.8) is 0 Å². The van der Waals surface area contributed by atoms with E-state index >= 15 is 0 Å². The summed E-state index contributed by atoms with van der Waals surface area (Å²) in [4.78, 5) is 24.3. The van der Waals surface area contributed by atoms with Crippen molar-refractivity contribution in [2.75, 3.05) is 0 Å². The lowest BCUT2D eigenvalue weighted by Gasteiger charge is -2.15. The topological polar surface area (TPSA) is 34.1 Å². The van der Waals surface area contributed by atoms with Gasteiger partial charge in [0.2, 0.25) is 0 Å². The number of aryl methyl sites for hydroxylation is 1. The molecule has 1 aromatic rings. The van der Waals surface area contributed by atoms with Gasteiger partial charge in [0.25, 0.3) is 0 Å². The summed E-state index contributed by atoms with van der Waals surface area (Å²) in [7, 11) is 0. The molecule has 0 heterocycles. The van der Waals surface area contributed by atoms with Crippen LogP contribution < -0.4 is 0 Å². The zero-order valence-corrected chi connectivity index (χ0v) is 10.6. The second kappa shape index (κ2) is 4.10. The van der Waals surface area contributed by atoms with Crippen molar-refractivity contribution in [3.8, 4) is 0 Å². The van der Waals surface area contributed by atoms with Gasteiger partial charge in [-0.25, -0.2) is 0 Å². The van der Waals surface area contributed by atoms with Crippen LogP contribution in [0.15, 0.2) is 24.3 Å². The van der Waals surface area contributed by atoms with Crippen molar-refractivity contribution >= 4 is 11.6 Å². The maximum Gasteiger partial charge on any atom is 0.173 e. The van der Waals surface area contributed by atoms with Gasteiger partial charge in [-0.05, 0) is 19.8 Å². The molecule has 17 heavy (non-hydrogen) atoms. The first-order valence-corrected chi connectivity index (χ1v) is 6.07. The van der Waals surface area contributed by atoms with Crippen molar-refractivity contribution in [2.24, 2.45) is 11.3 Å². The minimum atomic E-state index is -0.423. The lowest BCUT2D eigenvalue weighted by Crippen LogP contribution is -2.26. The highest BCUT2D eigenvalue weighted by molar-refractivity contribution is 6.13. The molecule has 0 aliphatic heterocycles. The van der Waals surface area contributed by atoms with Crippen LogP contribution >= 0.6 is 0 Å². The van der Waals surface area contributed by atoms with Gasteiger partial charge in [-0.1, -0.05) is 43.7 Å². The van der Waals surface area contributed by atoms with Gasteiger partial charge in [0.1, 0.15) is 5.78 Å². The van der Waals surface area contributed by atoms with E-state index in [1.165, 1.54) is 0 Å². The maximum atomic E-state index is 12.2. The SMILES string of the molecule is Cc1ccc(C(=O)C2CCC(C)(C)C2=O)cc1. The molecule has 1 aliphatic rings. The van der Waals surface area contributed by atoms with E-state index in [0.717, 1.165) is 12.0 Å². The fourth-order valence-electron chi connectivity index (χ4n) is 2.40. The number of rotatable bonds is 2. The summed E-state index contributed by atoms with van der Waals surface area (Å²) in [6.07, 6.45) is 1.51. The smallest absolute Gasteiger partial charge is 0.173 e. The highest BCUT2D eigenvalue weighted by Gasteiger charge is 2.43. The van der Waals surface area contributed by atoms with Crippen molar-refractivity contribution in [1.29, 1.82) is 0 Å². The molecular weight excluding hydrogens is 212 g/mol. The first kappa shape index (κ1) is 12.0. The quantitative estimate of drug-likeness (QED) is 0.577. The summed E-state index contributed by atoms with van der Waals surface area (Å²) in [6, 6.07) is 7.46. The van der Waals surface area contributed by atoms with Gasteiger partial charge in [-0.2, -0.15) is 0 Å². The average Bonchev–Trinajstić information content (AvgIpc) is 2.55. The zero-order valence-electron chi connectivity index (χ0n) is 10.6. The average molecular weight is 230 g/mol. The number of carbonyl (C=O) groups excluding carboxylic acids is 2. The molecule has 0 aromatic heterocycles. The molecule has 0 amide bonds. The van der Waals surface area contributed by atoms with Gasteiger partial charge < -0.3 is 0 Å². The largest absolute Gasteiger partial charge is 0.298 e. The molecule has 1 aliphatic carbocycles. The number of carbonyl (C=O) groups is 2. The van der Waals surface area contributed by atoms with Crippen LogP contribution in [0.4, 0.5) is 0 Å². The fourth-order valence-corrected chi connectivity index (χ4v) is 2.40. The monoisotopic (exact) mass is 230 g/mol. The van der Waals surface area contributed by atoms with Crippen molar-refractivity contribution in [1.82, 2.24) is 0 Å². The van der Waals surface area contributed by atoms with Crippen LogP contribution in [0.25, 0.3) is 0 Å². The van der Waals surface area contributed by atoms with E-state index < -0.39 is 5.92 Å². The van der Waals surface area contributed by atoms with Gasteiger partial charge in [-0.3, -0.25) is 9.59 Å². The molecule has 0 spiro atoms. The van der Waals surface area contributed by atoms with E-state index in [1.807, 2.05) is 45.0 Å². The van der Waals surface area contributed by atoms with Gasteiger partial charge in [0.05, 0.1) is 5.92 Å². The van der Waals surface area contributed by atoms with E-state index in [1.54, 1.807) is 0 Å². The Balaban J connectivity index is 2.22. The summed E-state index contributed by atoms with van der Waals surface area (Å²) in [6.45, 7) is 5.84. The standard InChI is InChI=1S/C15H18O2/c1-10-4-6-11(7-5-10)13(16)12-8-9-15(2,3)14(12)17/h4-7,12H,8-9H2,1-3H3. The molecule has 90 valence electrons. The summed E-state index contributed by atoms with van der Waals surface area (Å²) in [5, 5.41) is 0.